The van der Waals surface area contributed by atoms with Crippen molar-refractivity contribution in [1.29, 1.82) is 0 Å². The largest absolute Gasteiger partial charge is 0.298 e. The van der Waals surface area contributed by atoms with Gasteiger partial charge in [-0.3, -0.25) is 4.79 Å². The van der Waals surface area contributed by atoms with Gasteiger partial charge in [0.1, 0.15) is 5.78 Å². The second-order valence-electron chi connectivity index (χ2n) is 8.22. The lowest BCUT2D eigenvalue weighted by Crippen LogP contribution is -2.46. The first-order valence-corrected chi connectivity index (χ1v) is 10.2. The van der Waals surface area contributed by atoms with E-state index in [0.717, 1.165) is 5.78 Å². The Morgan fingerprint density at radius 1 is 0.682 bits per heavy atom. The van der Waals surface area contributed by atoms with Gasteiger partial charge in [-0.15, -0.1) is 0 Å². The number of unbranched alkanes of at least 4 members (excludes halogenated alkanes) is 2. The predicted molar refractivity (Wildman–Crippen MR) is 95.1 cm³/mol. The minimum absolute atomic E-state index is 0.0688. The monoisotopic (exact) mass is 306 g/mol. The van der Waals surface area contributed by atoms with Crippen LogP contribution in [0.15, 0.2) is 0 Å². The SMILES string of the molecule is CCCCC1(C(=O)C2(CCCC)CCCCC2)CCCCC1. The summed E-state index contributed by atoms with van der Waals surface area (Å²) in [5.74, 6) is 0.723. The van der Waals surface area contributed by atoms with E-state index in [-0.39, 0.29) is 10.8 Å². The fourth-order valence-electron chi connectivity index (χ4n) is 5.23. The van der Waals surface area contributed by atoms with Crippen LogP contribution >= 0.6 is 0 Å². The molecule has 0 bridgehead atoms. The second-order valence-corrected chi connectivity index (χ2v) is 8.22. The molecule has 0 aliphatic heterocycles. The molecule has 2 aliphatic carbocycles. The van der Waals surface area contributed by atoms with Gasteiger partial charge in [-0.25, -0.2) is 0 Å². The number of Topliss-reactive ketones (excluding diaryl/α,β-unsaturated/α-hetero) is 1. The number of hydrogen-bond donors (Lipinski definition) is 0. The third-order valence-corrected chi connectivity index (χ3v) is 6.60. The average Bonchev–Trinajstić information content (AvgIpc) is 2.59. The Labute approximate surface area is 138 Å². The summed E-state index contributed by atoms with van der Waals surface area (Å²) in [7, 11) is 0. The summed E-state index contributed by atoms with van der Waals surface area (Å²) < 4.78 is 0. The normalized spacial score (nSPS) is 24.1. The van der Waals surface area contributed by atoms with Gasteiger partial charge in [-0.1, -0.05) is 78.1 Å². The minimum Gasteiger partial charge on any atom is -0.298 e. The zero-order valence-corrected chi connectivity index (χ0v) is 15.2. The van der Waals surface area contributed by atoms with Crippen molar-refractivity contribution >= 4 is 5.78 Å². The van der Waals surface area contributed by atoms with Crippen molar-refractivity contribution in [3.05, 3.63) is 0 Å². The Hall–Kier alpha value is -0.330. The van der Waals surface area contributed by atoms with Gasteiger partial charge in [0, 0.05) is 10.8 Å². The molecule has 22 heavy (non-hydrogen) atoms. The van der Waals surface area contributed by atoms with Crippen molar-refractivity contribution in [2.75, 3.05) is 0 Å². The van der Waals surface area contributed by atoms with Gasteiger partial charge in [0.15, 0.2) is 0 Å². The number of hydrogen-bond acceptors (Lipinski definition) is 1. The maximum absolute atomic E-state index is 13.8. The van der Waals surface area contributed by atoms with E-state index in [2.05, 4.69) is 13.8 Å². The van der Waals surface area contributed by atoms with Gasteiger partial charge >= 0.3 is 0 Å². The molecule has 0 N–H and O–H groups in total. The number of carbonyl (C=O) groups excluding carboxylic acids is 1. The Morgan fingerprint density at radius 2 is 1.05 bits per heavy atom. The highest BCUT2D eigenvalue weighted by Gasteiger charge is 2.49. The highest BCUT2D eigenvalue weighted by molar-refractivity contribution is 5.90. The number of carbonyl (C=O) groups is 1. The smallest absolute Gasteiger partial charge is 0.145 e. The first-order valence-electron chi connectivity index (χ1n) is 10.2. The fraction of sp³-hybridized carbons (Fsp3) is 0.952. The van der Waals surface area contributed by atoms with Crippen molar-refractivity contribution in [1.82, 2.24) is 0 Å². The number of ketones is 1. The molecule has 0 spiro atoms. The van der Waals surface area contributed by atoms with Crippen LogP contribution in [0.3, 0.4) is 0 Å². The van der Waals surface area contributed by atoms with Crippen LogP contribution in [-0.2, 0) is 4.79 Å². The summed E-state index contributed by atoms with van der Waals surface area (Å²) in [6, 6.07) is 0. The van der Waals surface area contributed by atoms with E-state index < -0.39 is 0 Å². The highest BCUT2D eigenvalue weighted by atomic mass is 16.1. The van der Waals surface area contributed by atoms with Crippen LogP contribution in [0.2, 0.25) is 0 Å². The predicted octanol–water partition coefficient (Wildman–Crippen LogP) is 6.84. The third-order valence-electron chi connectivity index (χ3n) is 6.60. The first-order chi connectivity index (χ1) is 10.7. The van der Waals surface area contributed by atoms with Crippen LogP contribution in [0.5, 0.6) is 0 Å². The average molecular weight is 307 g/mol. The molecule has 2 fully saturated rings. The number of rotatable bonds is 8. The lowest BCUT2D eigenvalue weighted by Gasteiger charge is -2.46. The van der Waals surface area contributed by atoms with E-state index in [4.69, 9.17) is 0 Å². The maximum atomic E-state index is 13.8. The molecule has 0 saturated heterocycles. The molecular formula is C21H38O. The Kier molecular flexibility index (Phi) is 6.96. The van der Waals surface area contributed by atoms with Crippen LogP contribution in [-0.4, -0.2) is 5.78 Å². The molecule has 0 aromatic carbocycles. The Morgan fingerprint density at radius 3 is 1.36 bits per heavy atom. The molecule has 0 atom stereocenters. The van der Waals surface area contributed by atoms with Crippen LogP contribution in [0.25, 0.3) is 0 Å². The van der Waals surface area contributed by atoms with E-state index in [9.17, 15) is 4.79 Å². The summed E-state index contributed by atoms with van der Waals surface area (Å²) in [5, 5.41) is 0. The van der Waals surface area contributed by atoms with Crippen molar-refractivity contribution in [3.8, 4) is 0 Å². The molecule has 0 aromatic rings. The molecule has 0 heterocycles. The van der Waals surface area contributed by atoms with Crippen LogP contribution in [0.1, 0.15) is 117 Å². The lowest BCUT2D eigenvalue weighted by atomic mass is 9.56. The summed E-state index contributed by atoms with van der Waals surface area (Å²) in [5.41, 5.74) is 0.138. The topological polar surface area (TPSA) is 17.1 Å². The molecular weight excluding hydrogens is 268 g/mol. The van der Waals surface area contributed by atoms with Crippen molar-refractivity contribution < 1.29 is 4.79 Å². The second kappa shape index (κ2) is 8.50. The molecule has 2 aliphatic rings. The lowest BCUT2D eigenvalue weighted by molar-refractivity contribution is -0.144. The van der Waals surface area contributed by atoms with Gasteiger partial charge in [0.05, 0.1) is 0 Å². The zero-order valence-electron chi connectivity index (χ0n) is 15.2. The van der Waals surface area contributed by atoms with Crippen LogP contribution in [0.4, 0.5) is 0 Å². The fourth-order valence-corrected chi connectivity index (χ4v) is 5.23. The van der Waals surface area contributed by atoms with Gasteiger partial charge in [0.25, 0.3) is 0 Å². The Bertz CT molecular complexity index is 300. The molecule has 1 nitrogen and oxygen atoms in total. The molecule has 0 aromatic heterocycles. The van der Waals surface area contributed by atoms with Crippen LogP contribution < -0.4 is 0 Å². The van der Waals surface area contributed by atoms with Gasteiger partial charge in [-0.05, 0) is 38.5 Å². The maximum Gasteiger partial charge on any atom is 0.145 e. The van der Waals surface area contributed by atoms with E-state index in [1.54, 1.807) is 0 Å². The molecule has 2 saturated carbocycles. The van der Waals surface area contributed by atoms with E-state index in [0.29, 0.717) is 0 Å². The van der Waals surface area contributed by atoms with E-state index in [1.807, 2.05) is 0 Å². The van der Waals surface area contributed by atoms with Crippen molar-refractivity contribution in [2.24, 2.45) is 10.8 Å². The zero-order chi connectivity index (χ0) is 15.9. The summed E-state index contributed by atoms with van der Waals surface area (Å²) >= 11 is 0. The molecule has 0 unspecified atom stereocenters. The summed E-state index contributed by atoms with van der Waals surface area (Å²) in [6.45, 7) is 4.54. The first kappa shape index (κ1) is 18.0. The quantitative estimate of drug-likeness (QED) is 0.480. The molecule has 1 heteroatoms. The standard InChI is InChI=1S/C21H38O/c1-3-5-13-20(15-9-7-10-16-20)19(22)21(14-6-4-2)17-11-8-12-18-21/h3-18H2,1-2H3. The Balaban J connectivity index is 2.20. The van der Waals surface area contributed by atoms with Crippen molar-refractivity contribution in [2.45, 2.75) is 117 Å². The van der Waals surface area contributed by atoms with Gasteiger partial charge in [-0.2, -0.15) is 0 Å². The summed E-state index contributed by atoms with van der Waals surface area (Å²) in [4.78, 5) is 13.8. The van der Waals surface area contributed by atoms with Gasteiger partial charge in [0.2, 0.25) is 0 Å². The van der Waals surface area contributed by atoms with E-state index in [1.165, 1.54) is 103 Å². The third kappa shape index (κ3) is 3.95. The molecule has 2 rings (SSSR count). The van der Waals surface area contributed by atoms with Gasteiger partial charge < -0.3 is 0 Å². The van der Waals surface area contributed by atoms with Crippen LogP contribution in [0, 0.1) is 10.8 Å². The molecule has 0 radical (unpaired) electrons. The molecule has 128 valence electrons. The van der Waals surface area contributed by atoms with E-state index >= 15 is 0 Å². The van der Waals surface area contributed by atoms with Crippen molar-refractivity contribution in [3.63, 3.8) is 0 Å². The summed E-state index contributed by atoms with van der Waals surface area (Å²) in [6.07, 6.45) is 20.0. The highest BCUT2D eigenvalue weighted by Crippen LogP contribution is 2.52. The molecule has 0 amide bonds. The minimum atomic E-state index is 0.0688.